The minimum Gasteiger partial charge on any atom is -0.489 e. The lowest BCUT2D eigenvalue weighted by molar-refractivity contribution is -0.142. The fraction of sp³-hybridized carbons (Fsp3) is 0.650. The van der Waals surface area contributed by atoms with Crippen molar-refractivity contribution < 1.29 is 14.3 Å². The highest BCUT2D eigenvalue weighted by Gasteiger charge is 2.26. The van der Waals surface area contributed by atoms with E-state index in [-0.39, 0.29) is 12.1 Å². The summed E-state index contributed by atoms with van der Waals surface area (Å²) >= 11 is 12.1. The van der Waals surface area contributed by atoms with Crippen molar-refractivity contribution in [3.63, 3.8) is 0 Å². The predicted molar refractivity (Wildman–Crippen MR) is 108 cm³/mol. The number of benzene rings is 1. The lowest BCUT2D eigenvalue weighted by atomic mass is 9.95. The third kappa shape index (κ3) is 6.24. The van der Waals surface area contributed by atoms with Crippen LogP contribution in [0, 0.1) is 5.92 Å². The second-order valence-corrected chi connectivity index (χ2v) is 8.33. The first kappa shape index (κ1) is 20.7. The molecule has 0 spiro atoms. The van der Waals surface area contributed by atoms with Crippen LogP contribution in [0.15, 0.2) is 18.2 Å². The van der Waals surface area contributed by atoms with Crippen LogP contribution in [-0.4, -0.2) is 68.3 Å². The van der Waals surface area contributed by atoms with Gasteiger partial charge in [0.25, 0.3) is 0 Å². The topological polar surface area (TPSA) is 42.0 Å². The lowest BCUT2D eigenvalue weighted by Crippen LogP contribution is -2.44. The summed E-state index contributed by atoms with van der Waals surface area (Å²) in [5, 5.41) is 1.20. The zero-order chi connectivity index (χ0) is 19.2. The number of hydrogen-bond donors (Lipinski definition) is 0. The molecule has 2 heterocycles. The second-order valence-electron chi connectivity index (χ2n) is 7.49. The Morgan fingerprint density at radius 1 is 1.07 bits per heavy atom. The van der Waals surface area contributed by atoms with E-state index in [1.54, 1.807) is 6.07 Å². The van der Waals surface area contributed by atoms with E-state index in [0.29, 0.717) is 22.5 Å². The molecule has 2 saturated heterocycles. The molecule has 0 aromatic heterocycles. The van der Waals surface area contributed by atoms with E-state index in [2.05, 4.69) is 9.80 Å². The number of likely N-dealkylation sites (tertiary alicyclic amines) is 2. The molecule has 2 aliphatic heterocycles. The normalized spacial score (nSPS) is 20.6. The number of carbonyl (C=O) groups excluding carboxylic acids is 1. The quantitative estimate of drug-likeness (QED) is 0.663. The number of methoxy groups -OCH3 is 1. The fourth-order valence-corrected chi connectivity index (χ4v) is 4.35. The van der Waals surface area contributed by atoms with Crippen LogP contribution in [0.4, 0.5) is 0 Å². The number of halogens is 2. The van der Waals surface area contributed by atoms with E-state index < -0.39 is 0 Å². The molecule has 7 heteroatoms. The summed E-state index contributed by atoms with van der Waals surface area (Å²) < 4.78 is 10.8. The van der Waals surface area contributed by atoms with Gasteiger partial charge in [-0.1, -0.05) is 23.2 Å². The molecule has 0 amide bonds. The minimum atomic E-state index is -0.142. The summed E-state index contributed by atoms with van der Waals surface area (Å²) in [6.45, 7) is 5.62. The van der Waals surface area contributed by atoms with Gasteiger partial charge in [0.2, 0.25) is 0 Å². The van der Waals surface area contributed by atoms with Crippen LogP contribution < -0.4 is 4.74 Å². The molecule has 27 heavy (non-hydrogen) atoms. The summed E-state index contributed by atoms with van der Waals surface area (Å²) in [7, 11) is 1.45. The number of piperidine rings is 2. The van der Waals surface area contributed by atoms with Crippen molar-refractivity contribution in [3.05, 3.63) is 28.2 Å². The maximum Gasteiger partial charge on any atom is 0.319 e. The molecule has 0 N–H and O–H groups in total. The molecule has 3 rings (SSSR count). The highest BCUT2D eigenvalue weighted by molar-refractivity contribution is 6.35. The van der Waals surface area contributed by atoms with Crippen molar-refractivity contribution in [1.82, 2.24) is 9.80 Å². The Hall–Kier alpha value is -1.01. The van der Waals surface area contributed by atoms with Gasteiger partial charge in [-0.2, -0.15) is 0 Å². The molecule has 5 nitrogen and oxygen atoms in total. The first-order valence-corrected chi connectivity index (χ1v) is 10.4. The number of ether oxygens (including phenoxy) is 2. The molecule has 0 bridgehead atoms. The standard InChI is InChI=1S/C20H28Cl2N2O3/c1-26-20(25)14-24-8-4-15(5-9-24)13-23-10-6-17(7-11-23)27-19-3-2-16(21)12-18(19)22/h2-3,12,15,17H,4-11,13-14H2,1H3. The fourth-order valence-electron chi connectivity index (χ4n) is 3.90. The van der Waals surface area contributed by atoms with Crippen LogP contribution in [0.3, 0.4) is 0 Å². The zero-order valence-electron chi connectivity index (χ0n) is 15.8. The van der Waals surface area contributed by atoms with Gasteiger partial charge in [0.15, 0.2) is 0 Å². The first-order chi connectivity index (χ1) is 13.0. The van der Waals surface area contributed by atoms with Crippen molar-refractivity contribution in [2.45, 2.75) is 31.8 Å². The van der Waals surface area contributed by atoms with E-state index in [1.807, 2.05) is 12.1 Å². The second kappa shape index (κ2) is 9.97. The Kier molecular flexibility index (Phi) is 7.65. The van der Waals surface area contributed by atoms with Crippen LogP contribution in [-0.2, 0) is 9.53 Å². The number of nitrogens with zero attached hydrogens (tertiary/aromatic N) is 2. The first-order valence-electron chi connectivity index (χ1n) is 9.66. The van der Waals surface area contributed by atoms with Crippen molar-refractivity contribution in [3.8, 4) is 5.75 Å². The molecule has 150 valence electrons. The van der Waals surface area contributed by atoms with Crippen LogP contribution in [0.1, 0.15) is 25.7 Å². The lowest BCUT2D eigenvalue weighted by Gasteiger charge is -2.37. The molecule has 1 aromatic carbocycles. The van der Waals surface area contributed by atoms with Crippen molar-refractivity contribution in [1.29, 1.82) is 0 Å². The Morgan fingerprint density at radius 2 is 1.74 bits per heavy atom. The van der Waals surface area contributed by atoms with Gasteiger partial charge in [-0.05, 0) is 62.9 Å². The highest BCUT2D eigenvalue weighted by Crippen LogP contribution is 2.30. The molecular weight excluding hydrogens is 387 g/mol. The third-order valence-electron chi connectivity index (χ3n) is 5.53. The zero-order valence-corrected chi connectivity index (χ0v) is 17.3. The Balaban J connectivity index is 1.37. The molecule has 0 radical (unpaired) electrons. The smallest absolute Gasteiger partial charge is 0.319 e. The monoisotopic (exact) mass is 414 g/mol. The van der Waals surface area contributed by atoms with Crippen LogP contribution in [0.25, 0.3) is 0 Å². The van der Waals surface area contributed by atoms with Gasteiger partial charge < -0.3 is 14.4 Å². The van der Waals surface area contributed by atoms with E-state index in [4.69, 9.17) is 32.7 Å². The summed E-state index contributed by atoms with van der Waals surface area (Å²) in [5.41, 5.74) is 0. The molecule has 0 aliphatic carbocycles. The average Bonchev–Trinajstić information content (AvgIpc) is 2.67. The highest BCUT2D eigenvalue weighted by atomic mass is 35.5. The van der Waals surface area contributed by atoms with Crippen molar-refractivity contribution in [2.24, 2.45) is 5.92 Å². The third-order valence-corrected chi connectivity index (χ3v) is 6.06. The SMILES string of the molecule is COC(=O)CN1CCC(CN2CCC(Oc3ccc(Cl)cc3Cl)CC2)CC1. The minimum absolute atomic E-state index is 0.142. The van der Waals surface area contributed by atoms with Crippen LogP contribution in [0.5, 0.6) is 5.75 Å². The maximum absolute atomic E-state index is 11.4. The van der Waals surface area contributed by atoms with E-state index in [0.717, 1.165) is 64.2 Å². The van der Waals surface area contributed by atoms with Crippen LogP contribution >= 0.6 is 23.2 Å². The number of rotatable bonds is 6. The summed E-state index contributed by atoms with van der Waals surface area (Å²) in [4.78, 5) is 16.1. The predicted octanol–water partition coefficient (Wildman–Crippen LogP) is 3.72. The summed E-state index contributed by atoms with van der Waals surface area (Å²) in [6, 6.07) is 5.38. The number of hydrogen-bond acceptors (Lipinski definition) is 5. The summed E-state index contributed by atoms with van der Waals surface area (Å²) in [6.07, 6.45) is 4.53. The van der Waals surface area contributed by atoms with Gasteiger partial charge in [0, 0.05) is 24.7 Å². The van der Waals surface area contributed by atoms with Crippen LogP contribution in [0.2, 0.25) is 10.0 Å². The van der Waals surface area contributed by atoms with Gasteiger partial charge >= 0.3 is 5.97 Å². The van der Waals surface area contributed by atoms with Gasteiger partial charge in [-0.15, -0.1) is 0 Å². The molecular formula is C20H28Cl2N2O3. The average molecular weight is 415 g/mol. The maximum atomic E-state index is 11.4. The Bertz CT molecular complexity index is 628. The van der Waals surface area contributed by atoms with Gasteiger partial charge in [-0.25, -0.2) is 0 Å². The molecule has 2 fully saturated rings. The summed E-state index contributed by atoms with van der Waals surface area (Å²) in [5.74, 6) is 1.29. The van der Waals surface area contributed by atoms with E-state index in [1.165, 1.54) is 7.11 Å². The molecule has 2 aliphatic rings. The van der Waals surface area contributed by atoms with E-state index >= 15 is 0 Å². The van der Waals surface area contributed by atoms with Gasteiger partial charge in [0.1, 0.15) is 11.9 Å². The van der Waals surface area contributed by atoms with E-state index in [9.17, 15) is 4.79 Å². The van der Waals surface area contributed by atoms with Gasteiger partial charge in [0.05, 0.1) is 18.7 Å². The number of esters is 1. The molecule has 0 atom stereocenters. The molecule has 0 saturated carbocycles. The molecule has 1 aromatic rings. The van der Waals surface area contributed by atoms with Gasteiger partial charge in [-0.3, -0.25) is 9.69 Å². The van der Waals surface area contributed by atoms with Crippen molar-refractivity contribution >= 4 is 29.2 Å². The Morgan fingerprint density at radius 3 is 2.37 bits per heavy atom. The Labute approximate surface area is 171 Å². The largest absolute Gasteiger partial charge is 0.489 e. The van der Waals surface area contributed by atoms with Crippen molar-refractivity contribution in [2.75, 3.05) is 46.4 Å². The molecule has 0 unspecified atom stereocenters. The number of carbonyl (C=O) groups is 1.